The summed E-state index contributed by atoms with van der Waals surface area (Å²) in [5.74, 6) is 0. The minimum atomic E-state index is -0.820. The lowest BCUT2D eigenvalue weighted by molar-refractivity contribution is 0.130. The summed E-state index contributed by atoms with van der Waals surface area (Å²) in [5.41, 5.74) is 0.426. The van der Waals surface area contributed by atoms with Gasteiger partial charge in [0.05, 0.1) is 17.2 Å². The number of aromatic nitrogens is 1. The molecule has 6 heteroatoms. The van der Waals surface area contributed by atoms with Gasteiger partial charge in [0.15, 0.2) is 0 Å². The van der Waals surface area contributed by atoms with E-state index in [0.717, 1.165) is 50.9 Å². The molecule has 1 aliphatic carbocycles. The molecule has 3 rings (SSSR count). The third-order valence-corrected chi connectivity index (χ3v) is 5.50. The maximum Gasteiger partial charge on any atom is 0.407 e. The molecule has 0 atom stereocenters. The Kier molecular flexibility index (Phi) is 5.00. The number of nitriles is 1. The van der Waals surface area contributed by atoms with Crippen LogP contribution in [0, 0.1) is 11.3 Å². The Hall–Kier alpha value is -2.13. The van der Waals surface area contributed by atoms with Crippen molar-refractivity contribution in [2.24, 2.45) is 0 Å². The Bertz CT molecular complexity index is 605. The molecular formula is C18H24N4O2. The van der Waals surface area contributed by atoms with Crippen LogP contribution in [-0.2, 0) is 5.41 Å². The van der Waals surface area contributed by atoms with Crippen molar-refractivity contribution in [3.63, 3.8) is 0 Å². The summed E-state index contributed by atoms with van der Waals surface area (Å²) in [4.78, 5) is 19.5. The highest BCUT2D eigenvalue weighted by Gasteiger charge is 2.39. The molecule has 2 fully saturated rings. The number of nitrogens with zero attached hydrogens (tertiary/aromatic N) is 4. The van der Waals surface area contributed by atoms with Gasteiger partial charge in [-0.15, -0.1) is 0 Å². The van der Waals surface area contributed by atoms with E-state index in [1.165, 1.54) is 4.90 Å². The van der Waals surface area contributed by atoms with Crippen LogP contribution in [0.2, 0.25) is 0 Å². The lowest BCUT2D eigenvalue weighted by atomic mass is 9.71. The van der Waals surface area contributed by atoms with Crippen molar-refractivity contribution in [2.75, 3.05) is 26.2 Å². The van der Waals surface area contributed by atoms with E-state index in [4.69, 9.17) is 5.11 Å². The average Bonchev–Trinajstić information content (AvgIpc) is 2.89. The van der Waals surface area contributed by atoms with E-state index in [-0.39, 0.29) is 0 Å². The SMILES string of the molecule is N#CC1(c2ccccn2)CCC(N2CCCN(C(=O)O)CC2)CC1. The molecule has 2 aliphatic rings. The third-order valence-electron chi connectivity index (χ3n) is 5.50. The van der Waals surface area contributed by atoms with Gasteiger partial charge >= 0.3 is 6.09 Å². The highest BCUT2D eigenvalue weighted by molar-refractivity contribution is 5.64. The molecule has 6 nitrogen and oxygen atoms in total. The van der Waals surface area contributed by atoms with Crippen LogP contribution >= 0.6 is 0 Å². The molecule has 0 bridgehead atoms. The van der Waals surface area contributed by atoms with E-state index >= 15 is 0 Å². The monoisotopic (exact) mass is 328 g/mol. The number of pyridine rings is 1. The van der Waals surface area contributed by atoms with Gasteiger partial charge in [-0.1, -0.05) is 6.07 Å². The molecule has 1 aromatic heterocycles. The third kappa shape index (κ3) is 3.36. The van der Waals surface area contributed by atoms with Crippen LogP contribution in [0.5, 0.6) is 0 Å². The van der Waals surface area contributed by atoms with Crippen LogP contribution in [0.3, 0.4) is 0 Å². The molecule has 1 aromatic rings. The molecule has 0 aromatic carbocycles. The Morgan fingerprint density at radius 2 is 2.04 bits per heavy atom. The van der Waals surface area contributed by atoms with Crippen molar-refractivity contribution < 1.29 is 9.90 Å². The quantitative estimate of drug-likeness (QED) is 0.902. The number of carbonyl (C=O) groups is 1. The van der Waals surface area contributed by atoms with Gasteiger partial charge in [-0.05, 0) is 44.2 Å². The Labute approximate surface area is 142 Å². The summed E-state index contributed by atoms with van der Waals surface area (Å²) in [6.45, 7) is 2.93. The van der Waals surface area contributed by atoms with Crippen LogP contribution in [-0.4, -0.2) is 58.2 Å². The van der Waals surface area contributed by atoms with Crippen molar-refractivity contribution in [2.45, 2.75) is 43.6 Å². The van der Waals surface area contributed by atoms with Gasteiger partial charge in [0.2, 0.25) is 0 Å². The summed E-state index contributed by atoms with van der Waals surface area (Å²) in [6, 6.07) is 8.76. The number of hydrogen-bond donors (Lipinski definition) is 1. The zero-order chi connectivity index (χ0) is 17.0. The second kappa shape index (κ2) is 7.18. The minimum Gasteiger partial charge on any atom is -0.465 e. The molecule has 1 N–H and O–H groups in total. The highest BCUT2D eigenvalue weighted by atomic mass is 16.4. The van der Waals surface area contributed by atoms with E-state index in [9.17, 15) is 10.1 Å². The minimum absolute atomic E-state index is 0.448. The first-order valence-electron chi connectivity index (χ1n) is 8.69. The predicted molar refractivity (Wildman–Crippen MR) is 89.6 cm³/mol. The number of hydrogen-bond acceptors (Lipinski definition) is 4. The largest absolute Gasteiger partial charge is 0.465 e. The van der Waals surface area contributed by atoms with Gasteiger partial charge in [0.25, 0.3) is 0 Å². The fourth-order valence-corrected chi connectivity index (χ4v) is 4.03. The van der Waals surface area contributed by atoms with E-state index in [1.807, 2.05) is 18.2 Å². The fraction of sp³-hybridized carbons (Fsp3) is 0.611. The molecule has 0 radical (unpaired) electrons. The maximum atomic E-state index is 11.1. The lowest BCUT2D eigenvalue weighted by Crippen LogP contribution is -2.44. The molecular weight excluding hydrogens is 304 g/mol. The second-order valence-corrected chi connectivity index (χ2v) is 6.80. The van der Waals surface area contributed by atoms with Gasteiger partial charge in [-0.25, -0.2) is 4.79 Å². The van der Waals surface area contributed by atoms with Gasteiger partial charge in [0, 0.05) is 38.4 Å². The number of amides is 1. The first-order valence-corrected chi connectivity index (χ1v) is 8.69. The Balaban J connectivity index is 1.62. The average molecular weight is 328 g/mol. The topological polar surface area (TPSA) is 80.5 Å². The molecule has 1 aliphatic heterocycles. The smallest absolute Gasteiger partial charge is 0.407 e. The molecule has 2 heterocycles. The highest BCUT2D eigenvalue weighted by Crippen LogP contribution is 2.39. The summed E-state index contributed by atoms with van der Waals surface area (Å²) in [7, 11) is 0. The number of carboxylic acid groups (broad SMARTS) is 1. The molecule has 1 saturated carbocycles. The van der Waals surface area contributed by atoms with Crippen molar-refractivity contribution in [3.05, 3.63) is 30.1 Å². The summed E-state index contributed by atoms with van der Waals surface area (Å²) < 4.78 is 0. The van der Waals surface area contributed by atoms with Crippen molar-refractivity contribution in [3.8, 4) is 6.07 Å². The molecule has 128 valence electrons. The Morgan fingerprint density at radius 1 is 1.25 bits per heavy atom. The number of rotatable bonds is 2. The van der Waals surface area contributed by atoms with Gasteiger partial charge < -0.3 is 10.0 Å². The maximum absolute atomic E-state index is 11.1. The van der Waals surface area contributed by atoms with E-state index in [2.05, 4.69) is 16.0 Å². The lowest BCUT2D eigenvalue weighted by Gasteiger charge is -2.39. The molecule has 0 unspecified atom stereocenters. The first kappa shape index (κ1) is 16.7. The fourth-order valence-electron chi connectivity index (χ4n) is 4.03. The zero-order valence-electron chi connectivity index (χ0n) is 13.9. The van der Waals surface area contributed by atoms with Gasteiger partial charge in [-0.3, -0.25) is 9.88 Å². The van der Waals surface area contributed by atoms with Crippen LogP contribution in [0.1, 0.15) is 37.8 Å². The summed E-state index contributed by atoms with van der Waals surface area (Å²) >= 11 is 0. The molecule has 0 spiro atoms. The molecule has 1 saturated heterocycles. The first-order chi connectivity index (χ1) is 11.6. The summed E-state index contributed by atoms with van der Waals surface area (Å²) in [6.07, 6.45) is 5.41. The summed E-state index contributed by atoms with van der Waals surface area (Å²) in [5, 5.41) is 18.9. The Morgan fingerprint density at radius 3 is 2.67 bits per heavy atom. The normalized spacial score (nSPS) is 28.8. The van der Waals surface area contributed by atoms with Gasteiger partial charge in [-0.2, -0.15) is 5.26 Å². The predicted octanol–water partition coefficient (Wildman–Crippen LogP) is 2.47. The van der Waals surface area contributed by atoms with Crippen LogP contribution in [0.25, 0.3) is 0 Å². The van der Waals surface area contributed by atoms with E-state index in [1.54, 1.807) is 6.20 Å². The van der Waals surface area contributed by atoms with Crippen LogP contribution < -0.4 is 0 Å². The molecule has 24 heavy (non-hydrogen) atoms. The van der Waals surface area contributed by atoms with Gasteiger partial charge in [0.1, 0.15) is 0 Å². The van der Waals surface area contributed by atoms with Crippen LogP contribution in [0.15, 0.2) is 24.4 Å². The van der Waals surface area contributed by atoms with Crippen LogP contribution in [0.4, 0.5) is 4.79 Å². The zero-order valence-corrected chi connectivity index (χ0v) is 13.9. The van der Waals surface area contributed by atoms with Crippen molar-refractivity contribution in [1.29, 1.82) is 5.26 Å². The molecule has 1 amide bonds. The van der Waals surface area contributed by atoms with Crippen molar-refractivity contribution >= 4 is 6.09 Å². The van der Waals surface area contributed by atoms with E-state index in [0.29, 0.717) is 19.1 Å². The second-order valence-electron chi connectivity index (χ2n) is 6.80. The standard InChI is InChI=1S/C18H24N4O2/c19-14-18(16-4-1-2-9-20-16)7-5-15(6-8-18)21-10-3-11-22(13-12-21)17(23)24/h1-2,4,9,15H,3,5-8,10-13H2,(H,23,24). The van der Waals surface area contributed by atoms with E-state index < -0.39 is 11.5 Å². The van der Waals surface area contributed by atoms with Crippen molar-refractivity contribution in [1.82, 2.24) is 14.8 Å².